The Hall–Kier alpha value is -2.16. The smallest absolute Gasteiger partial charge is 0.0114 e. The van der Waals surface area contributed by atoms with Crippen molar-refractivity contribution in [3.63, 3.8) is 0 Å². The molecule has 2 aromatic carbocycles. The molecule has 2 aromatic heterocycles. The van der Waals surface area contributed by atoms with Crippen LogP contribution in [0.1, 0.15) is 122 Å². The van der Waals surface area contributed by atoms with Gasteiger partial charge in [0.25, 0.3) is 0 Å². The second-order valence-corrected chi connectivity index (χ2v) is 14.8. The highest BCUT2D eigenvalue weighted by molar-refractivity contribution is 7.12. The van der Waals surface area contributed by atoms with E-state index in [1.165, 1.54) is 42.4 Å². The lowest BCUT2D eigenvalue weighted by Gasteiger charge is -2.27. The van der Waals surface area contributed by atoms with E-state index in [4.69, 9.17) is 0 Å². The summed E-state index contributed by atoms with van der Waals surface area (Å²) in [6, 6.07) is 18.8. The lowest BCUT2D eigenvalue weighted by atomic mass is 9.77. The third-order valence-corrected chi connectivity index (χ3v) is 11.6. The number of hydrogen-bond donors (Lipinski definition) is 0. The molecule has 2 heteroatoms. The van der Waals surface area contributed by atoms with Gasteiger partial charge < -0.3 is 0 Å². The molecule has 0 radical (unpaired) electrons. The van der Waals surface area contributed by atoms with Crippen molar-refractivity contribution in [2.45, 2.75) is 112 Å². The van der Waals surface area contributed by atoms with Gasteiger partial charge in [0.1, 0.15) is 0 Å². The van der Waals surface area contributed by atoms with E-state index in [9.17, 15) is 0 Å². The summed E-state index contributed by atoms with van der Waals surface area (Å²) in [6.45, 7) is 23.3. The van der Waals surface area contributed by atoms with Gasteiger partial charge in [0.2, 0.25) is 0 Å². The predicted molar refractivity (Wildman–Crippen MR) is 176 cm³/mol. The van der Waals surface area contributed by atoms with Crippen molar-refractivity contribution < 1.29 is 0 Å². The Morgan fingerprint density at radius 3 is 1.74 bits per heavy atom. The Morgan fingerprint density at radius 1 is 0.590 bits per heavy atom. The number of rotatable bonds is 10. The largest absolute Gasteiger partial charge is 0.145 e. The number of benzene rings is 2. The Labute approximate surface area is 246 Å². The van der Waals surface area contributed by atoms with Gasteiger partial charge >= 0.3 is 0 Å². The first-order valence-corrected chi connectivity index (χ1v) is 16.5. The lowest BCUT2D eigenvalue weighted by molar-refractivity contribution is 0.567. The van der Waals surface area contributed by atoms with Crippen LogP contribution < -0.4 is 0 Å². The molecule has 0 fully saturated rings. The number of aryl methyl sites for hydroxylation is 4. The van der Waals surface area contributed by atoms with Crippen molar-refractivity contribution >= 4 is 22.7 Å². The fourth-order valence-electron chi connectivity index (χ4n) is 6.29. The van der Waals surface area contributed by atoms with Crippen molar-refractivity contribution in [2.24, 2.45) is 0 Å². The molecule has 0 saturated heterocycles. The summed E-state index contributed by atoms with van der Waals surface area (Å²) in [5.41, 5.74) is 12.0. The van der Waals surface area contributed by atoms with Gasteiger partial charge in [-0.05, 0) is 116 Å². The van der Waals surface area contributed by atoms with Gasteiger partial charge in [0, 0.05) is 19.5 Å². The van der Waals surface area contributed by atoms with Crippen LogP contribution in [0.2, 0.25) is 0 Å². The maximum atomic E-state index is 2.47. The Kier molecular flexibility index (Phi) is 9.61. The van der Waals surface area contributed by atoms with E-state index in [0.29, 0.717) is 23.7 Å². The van der Waals surface area contributed by atoms with Crippen LogP contribution in [-0.2, 0) is 19.3 Å². The van der Waals surface area contributed by atoms with Crippen molar-refractivity contribution in [3.8, 4) is 0 Å². The Bertz CT molecular complexity index is 1380. The van der Waals surface area contributed by atoms with E-state index in [0.717, 1.165) is 19.3 Å². The third kappa shape index (κ3) is 6.44. The summed E-state index contributed by atoms with van der Waals surface area (Å²) in [7, 11) is 0. The zero-order chi connectivity index (χ0) is 28.4. The molecule has 0 N–H and O–H groups in total. The quantitative estimate of drug-likeness (QED) is 0.182. The molecule has 208 valence electrons. The molecule has 3 atom stereocenters. The summed E-state index contributed by atoms with van der Waals surface area (Å²) < 4.78 is 0. The van der Waals surface area contributed by atoms with Crippen LogP contribution in [-0.4, -0.2) is 0 Å². The van der Waals surface area contributed by atoms with Gasteiger partial charge in [-0.15, -0.1) is 22.7 Å². The highest BCUT2D eigenvalue weighted by Crippen LogP contribution is 2.43. The molecule has 0 bridgehead atoms. The zero-order valence-electron chi connectivity index (χ0n) is 25.9. The van der Waals surface area contributed by atoms with E-state index < -0.39 is 0 Å². The molecule has 0 spiro atoms. The minimum atomic E-state index is 0.435. The SMILES string of the molecule is CCc1c(C)sc(C)c1C[C@@H](C)c1sc(C)c(C)c1C[C@H](c1ccc(C)cc1)[C@@H](C)c1ccc(C(C)C)cc1. The van der Waals surface area contributed by atoms with Crippen LogP contribution in [0.3, 0.4) is 0 Å². The molecular formula is C37H48S2. The van der Waals surface area contributed by atoms with Gasteiger partial charge in [-0.3, -0.25) is 0 Å². The van der Waals surface area contributed by atoms with Crippen LogP contribution in [0.25, 0.3) is 0 Å². The van der Waals surface area contributed by atoms with Crippen LogP contribution >= 0.6 is 22.7 Å². The molecule has 4 aromatic rings. The fourth-order valence-corrected chi connectivity index (χ4v) is 8.72. The first-order chi connectivity index (χ1) is 18.5. The minimum absolute atomic E-state index is 0.435. The van der Waals surface area contributed by atoms with Crippen LogP contribution in [0.15, 0.2) is 48.5 Å². The lowest BCUT2D eigenvalue weighted by Crippen LogP contribution is -2.14. The second kappa shape index (κ2) is 12.6. The van der Waals surface area contributed by atoms with Crippen LogP contribution in [0.4, 0.5) is 0 Å². The van der Waals surface area contributed by atoms with Gasteiger partial charge in [-0.25, -0.2) is 0 Å². The molecule has 0 saturated carbocycles. The van der Waals surface area contributed by atoms with Gasteiger partial charge in [0.05, 0.1) is 0 Å². The van der Waals surface area contributed by atoms with Crippen molar-refractivity contribution in [2.75, 3.05) is 0 Å². The topological polar surface area (TPSA) is 0 Å². The van der Waals surface area contributed by atoms with E-state index in [2.05, 4.69) is 129 Å². The molecule has 0 aliphatic carbocycles. The summed E-state index contributed by atoms with van der Waals surface area (Å²) in [4.78, 5) is 6.11. The number of hydrogen-bond acceptors (Lipinski definition) is 2. The van der Waals surface area contributed by atoms with E-state index in [1.54, 1.807) is 21.6 Å². The van der Waals surface area contributed by atoms with E-state index in [1.807, 2.05) is 11.3 Å². The van der Waals surface area contributed by atoms with E-state index in [-0.39, 0.29) is 0 Å². The molecule has 0 amide bonds. The molecule has 0 aliphatic rings. The third-order valence-electron chi connectivity index (χ3n) is 9.04. The molecule has 39 heavy (non-hydrogen) atoms. The summed E-state index contributed by atoms with van der Waals surface area (Å²) in [5.74, 6) is 1.96. The second-order valence-electron chi connectivity index (χ2n) is 12.1. The summed E-state index contributed by atoms with van der Waals surface area (Å²) in [5, 5.41) is 0. The first-order valence-electron chi connectivity index (χ1n) is 14.8. The van der Waals surface area contributed by atoms with Crippen molar-refractivity contribution in [3.05, 3.63) is 113 Å². The Balaban J connectivity index is 1.72. The fraction of sp³-hybridized carbons (Fsp3) is 0.459. The standard InChI is InChI=1S/C37H48S2/c1-11-33-28(9)38-29(10)36(33)20-24(5)37-35(25(6)27(8)39-37)21-34(32-14-12-23(4)13-15-32)26(7)31-18-16-30(17-19-31)22(2)3/h12-19,22,24,26,34H,11,20-21H2,1-10H3/t24-,26+,34+/m1/s1. The maximum absolute atomic E-state index is 2.47. The molecule has 2 heterocycles. The highest BCUT2D eigenvalue weighted by atomic mass is 32.1. The number of thiophene rings is 2. The molecular weight excluding hydrogens is 509 g/mol. The monoisotopic (exact) mass is 556 g/mol. The first kappa shape index (κ1) is 29.8. The summed E-state index contributed by atoms with van der Waals surface area (Å²) in [6.07, 6.45) is 3.37. The van der Waals surface area contributed by atoms with Crippen molar-refractivity contribution in [1.82, 2.24) is 0 Å². The molecule has 0 unspecified atom stereocenters. The minimum Gasteiger partial charge on any atom is -0.145 e. The highest BCUT2D eigenvalue weighted by Gasteiger charge is 2.27. The normalized spacial score (nSPS) is 14.1. The van der Waals surface area contributed by atoms with Crippen LogP contribution in [0.5, 0.6) is 0 Å². The van der Waals surface area contributed by atoms with Gasteiger partial charge in [-0.2, -0.15) is 0 Å². The Morgan fingerprint density at radius 2 is 1.15 bits per heavy atom. The van der Waals surface area contributed by atoms with Gasteiger partial charge in [0.15, 0.2) is 0 Å². The maximum Gasteiger partial charge on any atom is 0.0114 e. The molecule has 0 nitrogen and oxygen atoms in total. The van der Waals surface area contributed by atoms with Gasteiger partial charge in [-0.1, -0.05) is 88.7 Å². The summed E-state index contributed by atoms with van der Waals surface area (Å²) >= 11 is 4.04. The van der Waals surface area contributed by atoms with Crippen molar-refractivity contribution in [1.29, 1.82) is 0 Å². The predicted octanol–water partition coefficient (Wildman–Crippen LogP) is 11.5. The molecule has 0 aliphatic heterocycles. The molecule has 4 rings (SSSR count). The van der Waals surface area contributed by atoms with E-state index >= 15 is 0 Å². The average Bonchev–Trinajstić information content (AvgIpc) is 3.35. The zero-order valence-corrected chi connectivity index (χ0v) is 27.5. The average molecular weight is 557 g/mol. The van der Waals surface area contributed by atoms with Crippen LogP contribution in [0, 0.1) is 34.6 Å².